The van der Waals surface area contributed by atoms with Gasteiger partial charge < -0.3 is 20.5 Å². The highest BCUT2D eigenvalue weighted by atomic mass is 16.5. The molecule has 0 bridgehead atoms. The molecule has 2 aliphatic carbocycles. The average molecular weight is 479 g/mol. The Labute approximate surface area is 206 Å². The highest BCUT2D eigenvalue weighted by molar-refractivity contribution is 5.86. The van der Waals surface area contributed by atoms with Crippen LogP contribution >= 0.6 is 0 Å². The molecule has 1 fully saturated rings. The lowest BCUT2D eigenvalue weighted by Gasteiger charge is -2.22. The highest BCUT2D eigenvalue weighted by Gasteiger charge is 2.38. The van der Waals surface area contributed by atoms with Gasteiger partial charge in [-0.3, -0.25) is 9.59 Å². The number of fused-ring (bicyclic) bond motifs is 3. The number of aliphatic carboxylic acids is 1. The van der Waals surface area contributed by atoms with Crippen molar-refractivity contribution in [2.24, 2.45) is 17.8 Å². The third-order valence-electron chi connectivity index (χ3n) is 6.83. The normalized spacial score (nSPS) is 16.2. The molecule has 7 nitrogen and oxygen atoms in total. The third-order valence-corrected chi connectivity index (χ3v) is 6.83. The van der Waals surface area contributed by atoms with Crippen LogP contribution in [0.1, 0.15) is 56.6 Å². The van der Waals surface area contributed by atoms with Gasteiger partial charge >= 0.3 is 12.1 Å². The standard InChI is InChI=1S/C28H34N2O5/c1-17(2)13-18(14-25(31)32)15-29-27(33)26(19-11-12-19)30-28(34)35-16-24-22-9-5-3-7-20(22)21-8-4-6-10-23(21)24/h3-10,17-19,24,26H,11-16H2,1-2H3,(H,29,33)(H,30,34)(H,31,32)/t18-,26?/m0/s1. The van der Waals surface area contributed by atoms with Crippen molar-refractivity contribution in [2.75, 3.05) is 13.2 Å². The minimum absolute atomic E-state index is 0.00631. The van der Waals surface area contributed by atoms with Crippen molar-refractivity contribution in [3.05, 3.63) is 59.7 Å². The van der Waals surface area contributed by atoms with E-state index in [0.717, 1.165) is 35.1 Å². The van der Waals surface area contributed by atoms with Crippen LogP contribution < -0.4 is 10.6 Å². The van der Waals surface area contributed by atoms with Crippen molar-refractivity contribution in [2.45, 2.75) is 51.5 Å². The predicted octanol–water partition coefficient (Wildman–Crippen LogP) is 4.56. The predicted molar refractivity (Wildman–Crippen MR) is 133 cm³/mol. The zero-order chi connectivity index (χ0) is 24.9. The number of carbonyl (C=O) groups is 3. The van der Waals surface area contributed by atoms with E-state index in [0.29, 0.717) is 12.3 Å². The summed E-state index contributed by atoms with van der Waals surface area (Å²) in [7, 11) is 0. The topological polar surface area (TPSA) is 105 Å². The van der Waals surface area contributed by atoms with Crippen molar-refractivity contribution in [3.8, 4) is 11.1 Å². The van der Waals surface area contributed by atoms with Crippen LogP contribution in [0.2, 0.25) is 0 Å². The minimum atomic E-state index is -0.875. The van der Waals surface area contributed by atoms with Gasteiger partial charge in [0, 0.05) is 18.9 Å². The number of hydrogen-bond acceptors (Lipinski definition) is 4. The Kier molecular flexibility index (Phi) is 7.73. The maximum Gasteiger partial charge on any atom is 0.407 e. The molecule has 2 atom stereocenters. The summed E-state index contributed by atoms with van der Waals surface area (Å²) >= 11 is 0. The van der Waals surface area contributed by atoms with E-state index >= 15 is 0 Å². The molecule has 0 radical (unpaired) electrons. The van der Waals surface area contributed by atoms with Crippen LogP contribution in [-0.2, 0) is 14.3 Å². The van der Waals surface area contributed by atoms with Crippen molar-refractivity contribution in [1.82, 2.24) is 10.6 Å². The lowest BCUT2D eigenvalue weighted by Crippen LogP contribution is -2.49. The quantitative estimate of drug-likeness (QED) is 0.439. The molecule has 0 saturated heterocycles. The molecule has 2 aromatic rings. The molecule has 0 aromatic heterocycles. The molecule has 3 N–H and O–H groups in total. The summed E-state index contributed by atoms with van der Waals surface area (Å²) in [5.41, 5.74) is 4.58. The van der Waals surface area contributed by atoms with Gasteiger partial charge in [0.15, 0.2) is 0 Å². The second kappa shape index (κ2) is 10.9. The minimum Gasteiger partial charge on any atom is -0.481 e. The molecule has 4 rings (SSSR count). The molecule has 186 valence electrons. The van der Waals surface area contributed by atoms with Crippen LogP contribution in [0, 0.1) is 17.8 Å². The molecule has 2 aliphatic rings. The van der Waals surface area contributed by atoms with E-state index in [-0.39, 0.29) is 43.2 Å². The Morgan fingerprint density at radius 2 is 1.60 bits per heavy atom. The first kappa shape index (κ1) is 24.8. The summed E-state index contributed by atoms with van der Waals surface area (Å²) in [6, 6.07) is 15.6. The van der Waals surface area contributed by atoms with Crippen LogP contribution in [-0.4, -0.2) is 42.3 Å². The number of carboxylic acid groups (broad SMARTS) is 1. The molecular formula is C28H34N2O5. The van der Waals surface area contributed by atoms with Gasteiger partial charge in [0.25, 0.3) is 0 Å². The van der Waals surface area contributed by atoms with Gasteiger partial charge in [-0.15, -0.1) is 0 Å². The molecule has 0 aliphatic heterocycles. The number of ether oxygens (including phenoxy) is 1. The fraction of sp³-hybridized carbons (Fsp3) is 0.464. The number of carboxylic acids is 1. The van der Waals surface area contributed by atoms with Crippen molar-refractivity contribution in [3.63, 3.8) is 0 Å². The van der Waals surface area contributed by atoms with Gasteiger partial charge in [0.1, 0.15) is 12.6 Å². The summed E-state index contributed by atoms with van der Waals surface area (Å²) in [4.78, 5) is 36.8. The van der Waals surface area contributed by atoms with Gasteiger partial charge in [-0.1, -0.05) is 62.4 Å². The van der Waals surface area contributed by atoms with E-state index in [9.17, 15) is 19.5 Å². The van der Waals surface area contributed by atoms with Gasteiger partial charge in [0.05, 0.1) is 0 Å². The van der Waals surface area contributed by atoms with Gasteiger partial charge in [-0.05, 0) is 59.3 Å². The molecule has 0 spiro atoms. The van der Waals surface area contributed by atoms with E-state index in [2.05, 4.69) is 34.9 Å². The number of benzene rings is 2. The Hall–Kier alpha value is -3.35. The lowest BCUT2D eigenvalue weighted by molar-refractivity contribution is -0.138. The zero-order valence-electron chi connectivity index (χ0n) is 20.3. The van der Waals surface area contributed by atoms with E-state index in [1.54, 1.807) is 0 Å². The molecule has 35 heavy (non-hydrogen) atoms. The van der Waals surface area contributed by atoms with Gasteiger partial charge in [0.2, 0.25) is 5.91 Å². The first-order valence-corrected chi connectivity index (χ1v) is 12.4. The Morgan fingerprint density at radius 3 is 2.14 bits per heavy atom. The van der Waals surface area contributed by atoms with Crippen molar-refractivity contribution >= 4 is 18.0 Å². The first-order valence-electron chi connectivity index (χ1n) is 12.4. The number of carbonyl (C=O) groups excluding carboxylic acids is 2. The number of rotatable bonds is 11. The average Bonchev–Trinajstić information content (AvgIpc) is 3.61. The van der Waals surface area contributed by atoms with Gasteiger partial charge in [-0.2, -0.15) is 0 Å². The van der Waals surface area contributed by atoms with Gasteiger partial charge in [-0.25, -0.2) is 4.79 Å². The van der Waals surface area contributed by atoms with Crippen LogP contribution in [0.15, 0.2) is 48.5 Å². The second-order valence-electron chi connectivity index (χ2n) is 10.1. The number of alkyl carbamates (subject to hydrolysis) is 1. The zero-order valence-corrected chi connectivity index (χ0v) is 20.3. The molecular weight excluding hydrogens is 444 g/mol. The number of nitrogens with one attached hydrogen (secondary N) is 2. The summed E-state index contributed by atoms with van der Waals surface area (Å²) in [6.07, 6.45) is 1.84. The fourth-order valence-electron chi connectivity index (χ4n) is 5.10. The lowest BCUT2D eigenvalue weighted by atomic mass is 9.94. The van der Waals surface area contributed by atoms with Crippen LogP contribution in [0.3, 0.4) is 0 Å². The van der Waals surface area contributed by atoms with E-state index < -0.39 is 18.1 Å². The maximum atomic E-state index is 12.9. The molecule has 2 amide bonds. The Bertz CT molecular complexity index is 1030. The first-order chi connectivity index (χ1) is 16.8. The maximum absolute atomic E-state index is 12.9. The fourth-order valence-corrected chi connectivity index (χ4v) is 5.10. The largest absolute Gasteiger partial charge is 0.481 e. The van der Waals surface area contributed by atoms with Crippen LogP contribution in [0.25, 0.3) is 11.1 Å². The smallest absolute Gasteiger partial charge is 0.407 e. The van der Waals surface area contributed by atoms with Crippen LogP contribution in [0.5, 0.6) is 0 Å². The van der Waals surface area contributed by atoms with E-state index in [1.165, 1.54) is 0 Å². The van der Waals surface area contributed by atoms with Crippen molar-refractivity contribution in [1.29, 1.82) is 0 Å². The summed E-state index contributed by atoms with van der Waals surface area (Å²) in [6.45, 7) is 4.53. The molecule has 2 aromatic carbocycles. The van der Waals surface area contributed by atoms with E-state index in [4.69, 9.17) is 4.74 Å². The summed E-state index contributed by atoms with van der Waals surface area (Å²) in [5, 5.41) is 14.8. The Balaban J connectivity index is 1.34. The number of amides is 2. The highest BCUT2D eigenvalue weighted by Crippen LogP contribution is 2.44. The molecule has 1 unspecified atom stereocenters. The monoisotopic (exact) mass is 478 g/mol. The summed E-state index contributed by atoms with van der Waals surface area (Å²) in [5.74, 6) is -0.937. The second-order valence-corrected chi connectivity index (χ2v) is 10.1. The molecule has 0 heterocycles. The van der Waals surface area contributed by atoms with Crippen LogP contribution in [0.4, 0.5) is 4.79 Å². The number of hydrogen-bond donors (Lipinski definition) is 3. The van der Waals surface area contributed by atoms with E-state index in [1.807, 2.05) is 38.1 Å². The van der Waals surface area contributed by atoms with Crippen molar-refractivity contribution < 1.29 is 24.2 Å². The molecule has 7 heteroatoms. The molecule has 1 saturated carbocycles. The third kappa shape index (κ3) is 6.21. The SMILES string of the molecule is CC(C)C[C@H](CNC(=O)C(NC(=O)OCC1c2ccccc2-c2ccccc21)C1CC1)CC(=O)O. The Morgan fingerprint density at radius 1 is 1.00 bits per heavy atom. The summed E-state index contributed by atoms with van der Waals surface area (Å²) < 4.78 is 5.62.